The van der Waals surface area contributed by atoms with Crippen molar-refractivity contribution in [3.05, 3.63) is 28.3 Å². The summed E-state index contributed by atoms with van der Waals surface area (Å²) in [6.07, 6.45) is 0. The minimum Gasteiger partial charge on any atom is -0.487 e. The van der Waals surface area contributed by atoms with Crippen molar-refractivity contribution in [2.75, 3.05) is 25.1 Å². The zero-order valence-corrected chi connectivity index (χ0v) is 11.7. The van der Waals surface area contributed by atoms with E-state index in [1.54, 1.807) is 37.9 Å². The molecule has 1 rings (SSSR count). The maximum Gasteiger partial charge on any atom is 0.333 e. The van der Waals surface area contributed by atoms with Crippen molar-refractivity contribution in [3.63, 3.8) is 0 Å². The fourth-order valence-electron chi connectivity index (χ4n) is 1.86. The van der Waals surface area contributed by atoms with Gasteiger partial charge in [-0.2, -0.15) is 0 Å². The maximum atomic E-state index is 11.2. The number of para-hydroxylation sites is 1. The van der Waals surface area contributed by atoms with Crippen molar-refractivity contribution in [2.45, 2.75) is 13.8 Å². The second-order valence-corrected chi connectivity index (χ2v) is 4.43. The molecule has 0 bridgehead atoms. The number of carboxylic acid groups (broad SMARTS) is 1. The van der Waals surface area contributed by atoms with Crippen LogP contribution in [-0.2, 0) is 4.79 Å². The molecule has 0 saturated heterocycles. The van der Waals surface area contributed by atoms with E-state index in [0.29, 0.717) is 12.3 Å². The molecule has 110 valence electrons. The molecule has 0 heterocycles. The van der Waals surface area contributed by atoms with Crippen LogP contribution in [0.2, 0.25) is 0 Å². The molecule has 20 heavy (non-hydrogen) atoms. The monoisotopic (exact) mass is 282 g/mol. The molecule has 0 aliphatic heterocycles. The fourth-order valence-corrected chi connectivity index (χ4v) is 1.86. The Hall–Kier alpha value is -2.31. The third-order valence-electron chi connectivity index (χ3n) is 2.84. The molecule has 0 spiro atoms. The average Bonchev–Trinajstić information content (AvgIpc) is 2.38. The van der Waals surface area contributed by atoms with E-state index in [4.69, 9.17) is 9.84 Å². The standard InChI is InChI=1S/C13H18N2O5/c1-4-20-11-7-5-6-10(12(11)15(18)19)14(3)8-9(2)13(16)17/h5-7,9H,4,8H2,1-3H3,(H,16,17). The van der Waals surface area contributed by atoms with E-state index in [2.05, 4.69) is 0 Å². The van der Waals surface area contributed by atoms with E-state index in [0.717, 1.165) is 0 Å². The normalized spacial score (nSPS) is 11.8. The number of aliphatic carboxylic acids is 1. The van der Waals surface area contributed by atoms with Gasteiger partial charge in [-0.1, -0.05) is 13.0 Å². The summed E-state index contributed by atoms with van der Waals surface area (Å²) in [5.74, 6) is -1.39. The SMILES string of the molecule is CCOc1cccc(N(C)CC(C)C(=O)O)c1[N+](=O)[O-]. The third kappa shape index (κ3) is 3.59. The molecule has 0 aliphatic rings. The lowest BCUT2D eigenvalue weighted by molar-refractivity contribution is -0.385. The Kier molecular flexibility index (Phi) is 5.31. The highest BCUT2D eigenvalue weighted by Crippen LogP contribution is 2.36. The summed E-state index contributed by atoms with van der Waals surface area (Å²) in [6.45, 7) is 3.79. The van der Waals surface area contributed by atoms with E-state index in [9.17, 15) is 14.9 Å². The van der Waals surface area contributed by atoms with Gasteiger partial charge in [-0.15, -0.1) is 0 Å². The molecule has 1 aromatic carbocycles. The number of hydrogen-bond donors (Lipinski definition) is 1. The van der Waals surface area contributed by atoms with Crippen molar-refractivity contribution in [3.8, 4) is 5.75 Å². The van der Waals surface area contributed by atoms with E-state index >= 15 is 0 Å². The van der Waals surface area contributed by atoms with Crippen LogP contribution in [0.5, 0.6) is 5.75 Å². The van der Waals surface area contributed by atoms with Crippen LogP contribution in [0.4, 0.5) is 11.4 Å². The van der Waals surface area contributed by atoms with Crippen molar-refractivity contribution < 1.29 is 19.6 Å². The van der Waals surface area contributed by atoms with E-state index in [-0.39, 0.29) is 18.0 Å². The molecule has 1 aromatic rings. The summed E-state index contributed by atoms with van der Waals surface area (Å²) >= 11 is 0. The minimum atomic E-state index is -0.944. The van der Waals surface area contributed by atoms with Crippen molar-refractivity contribution in [2.24, 2.45) is 5.92 Å². The first kappa shape index (κ1) is 15.7. The lowest BCUT2D eigenvalue weighted by atomic mass is 10.1. The van der Waals surface area contributed by atoms with Crippen molar-refractivity contribution in [1.82, 2.24) is 0 Å². The number of benzene rings is 1. The summed E-state index contributed by atoms with van der Waals surface area (Å²) in [5.41, 5.74) is 0.198. The third-order valence-corrected chi connectivity index (χ3v) is 2.84. The van der Waals surface area contributed by atoms with Crippen LogP contribution in [0.25, 0.3) is 0 Å². The molecule has 1 N–H and O–H groups in total. The van der Waals surface area contributed by atoms with Crippen LogP contribution in [0.15, 0.2) is 18.2 Å². The number of nitrogens with zero attached hydrogens (tertiary/aromatic N) is 2. The van der Waals surface area contributed by atoms with Crippen LogP contribution in [0.3, 0.4) is 0 Å². The van der Waals surface area contributed by atoms with Crippen LogP contribution < -0.4 is 9.64 Å². The van der Waals surface area contributed by atoms with Crippen LogP contribution in [-0.4, -0.2) is 36.2 Å². The van der Waals surface area contributed by atoms with Gasteiger partial charge in [0.2, 0.25) is 0 Å². The Labute approximate surface area is 116 Å². The molecule has 7 nitrogen and oxygen atoms in total. The first-order chi connectivity index (χ1) is 9.38. The fraction of sp³-hybridized carbons (Fsp3) is 0.462. The summed E-state index contributed by atoms with van der Waals surface area (Å²) in [6, 6.07) is 4.75. The summed E-state index contributed by atoms with van der Waals surface area (Å²) in [7, 11) is 1.62. The zero-order valence-electron chi connectivity index (χ0n) is 11.7. The number of ether oxygens (including phenoxy) is 1. The van der Waals surface area contributed by atoms with Gasteiger partial charge in [-0.25, -0.2) is 0 Å². The molecule has 0 amide bonds. The summed E-state index contributed by atoms with van der Waals surface area (Å²) in [5, 5.41) is 20.1. The molecule has 1 atom stereocenters. The van der Waals surface area contributed by atoms with Gasteiger partial charge in [0.15, 0.2) is 5.75 Å². The van der Waals surface area contributed by atoms with Crippen molar-refractivity contribution >= 4 is 17.3 Å². The van der Waals surface area contributed by atoms with Gasteiger partial charge in [-0.05, 0) is 19.1 Å². The van der Waals surface area contributed by atoms with E-state index in [1.165, 1.54) is 6.07 Å². The molecular formula is C13H18N2O5. The Bertz CT molecular complexity index is 504. The van der Waals surface area contributed by atoms with Gasteiger partial charge in [-0.3, -0.25) is 14.9 Å². The van der Waals surface area contributed by atoms with Crippen molar-refractivity contribution in [1.29, 1.82) is 0 Å². The first-order valence-corrected chi connectivity index (χ1v) is 6.22. The Balaban J connectivity index is 3.13. The molecule has 0 aliphatic carbocycles. The smallest absolute Gasteiger partial charge is 0.333 e. The number of rotatable bonds is 7. The molecule has 0 saturated carbocycles. The number of nitro groups is 1. The second-order valence-electron chi connectivity index (χ2n) is 4.43. The highest BCUT2D eigenvalue weighted by atomic mass is 16.6. The van der Waals surface area contributed by atoms with Crippen LogP contribution in [0.1, 0.15) is 13.8 Å². The number of carboxylic acids is 1. The molecule has 0 aromatic heterocycles. The largest absolute Gasteiger partial charge is 0.487 e. The highest BCUT2D eigenvalue weighted by Gasteiger charge is 2.25. The molecular weight excluding hydrogens is 264 g/mol. The zero-order chi connectivity index (χ0) is 15.3. The lowest BCUT2D eigenvalue weighted by Gasteiger charge is -2.22. The van der Waals surface area contributed by atoms with Gasteiger partial charge < -0.3 is 14.7 Å². The van der Waals surface area contributed by atoms with Gasteiger partial charge >= 0.3 is 11.7 Å². The lowest BCUT2D eigenvalue weighted by Crippen LogP contribution is -2.28. The molecule has 0 radical (unpaired) electrons. The van der Waals surface area contributed by atoms with Crippen LogP contribution >= 0.6 is 0 Å². The Morgan fingerprint density at radius 2 is 2.20 bits per heavy atom. The number of carbonyl (C=O) groups is 1. The quantitative estimate of drug-likeness (QED) is 0.608. The highest BCUT2D eigenvalue weighted by molar-refractivity contribution is 5.73. The topological polar surface area (TPSA) is 92.9 Å². The molecule has 1 unspecified atom stereocenters. The number of nitro benzene ring substituents is 1. The average molecular weight is 282 g/mol. The van der Waals surface area contributed by atoms with Crippen LogP contribution in [0, 0.1) is 16.0 Å². The summed E-state index contributed by atoms with van der Waals surface area (Å²) in [4.78, 5) is 23.1. The number of hydrogen-bond acceptors (Lipinski definition) is 5. The maximum absolute atomic E-state index is 11.2. The minimum absolute atomic E-state index is 0.144. The molecule has 7 heteroatoms. The van der Waals surface area contributed by atoms with E-state index in [1.807, 2.05) is 0 Å². The first-order valence-electron chi connectivity index (χ1n) is 6.22. The van der Waals surface area contributed by atoms with Gasteiger partial charge in [0, 0.05) is 13.6 Å². The summed E-state index contributed by atoms with van der Waals surface area (Å²) < 4.78 is 5.26. The molecule has 0 fully saturated rings. The second kappa shape index (κ2) is 6.74. The number of anilines is 1. The van der Waals surface area contributed by atoms with Gasteiger partial charge in [0.1, 0.15) is 5.69 Å². The predicted octanol–water partition coefficient (Wildman–Crippen LogP) is 2.15. The van der Waals surface area contributed by atoms with Gasteiger partial charge in [0.05, 0.1) is 17.4 Å². The van der Waals surface area contributed by atoms with E-state index < -0.39 is 16.8 Å². The predicted molar refractivity (Wildman–Crippen MR) is 74.3 cm³/mol. The Morgan fingerprint density at radius 3 is 2.70 bits per heavy atom. The Morgan fingerprint density at radius 1 is 1.55 bits per heavy atom. The van der Waals surface area contributed by atoms with Gasteiger partial charge in [0.25, 0.3) is 0 Å².